The molecule has 78 valence electrons. The standard InChI is InChI=1S/C9H15N3O2/c1-7(11-9(13)12-10)4-5-8-3-2-6-14-8/h2-3,6-7H,4-5,10H2,1H3,(H2,11,12,13). The molecule has 1 aromatic heterocycles. The zero-order chi connectivity index (χ0) is 10.4. The van der Waals surface area contributed by atoms with E-state index in [0.717, 1.165) is 18.6 Å². The lowest BCUT2D eigenvalue weighted by molar-refractivity contribution is 0.237. The summed E-state index contributed by atoms with van der Waals surface area (Å²) < 4.78 is 5.16. The molecule has 0 aromatic carbocycles. The third-order valence-electron chi connectivity index (χ3n) is 1.91. The van der Waals surface area contributed by atoms with E-state index in [1.165, 1.54) is 0 Å². The van der Waals surface area contributed by atoms with Gasteiger partial charge in [0.25, 0.3) is 0 Å². The molecule has 5 nitrogen and oxygen atoms in total. The van der Waals surface area contributed by atoms with Crippen molar-refractivity contribution < 1.29 is 9.21 Å². The molecule has 0 saturated heterocycles. The molecule has 1 unspecified atom stereocenters. The number of furan rings is 1. The number of rotatable bonds is 4. The molecule has 4 N–H and O–H groups in total. The van der Waals surface area contributed by atoms with Crippen LogP contribution in [0.4, 0.5) is 4.79 Å². The minimum absolute atomic E-state index is 0.0728. The molecule has 5 heteroatoms. The number of nitrogens with one attached hydrogen (secondary N) is 2. The van der Waals surface area contributed by atoms with Crippen molar-refractivity contribution in [2.75, 3.05) is 0 Å². The number of carbonyl (C=O) groups excluding carboxylic acids is 1. The lowest BCUT2D eigenvalue weighted by Gasteiger charge is -2.11. The van der Waals surface area contributed by atoms with E-state index in [4.69, 9.17) is 10.3 Å². The fraction of sp³-hybridized carbons (Fsp3) is 0.444. The highest BCUT2D eigenvalue weighted by molar-refractivity contribution is 5.73. The molecule has 2 amide bonds. The van der Waals surface area contributed by atoms with E-state index in [1.54, 1.807) is 6.26 Å². The van der Waals surface area contributed by atoms with Crippen LogP contribution < -0.4 is 16.6 Å². The SMILES string of the molecule is CC(CCc1ccco1)NC(=O)NN. The number of nitrogens with two attached hydrogens (primary N) is 1. The number of amides is 2. The Hall–Kier alpha value is -1.49. The topological polar surface area (TPSA) is 80.3 Å². The quantitative estimate of drug-likeness (QED) is 0.379. The maximum absolute atomic E-state index is 10.8. The highest BCUT2D eigenvalue weighted by atomic mass is 16.3. The monoisotopic (exact) mass is 197 g/mol. The van der Waals surface area contributed by atoms with Crippen LogP contribution in [0.2, 0.25) is 0 Å². The molecule has 0 fully saturated rings. The first kappa shape index (κ1) is 10.6. The van der Waals surface area contributed by atoms with Crippen LogP contribution in [0.1, 0.15) is 19.1 Å². The minimum atomic E-state index is -0.364. The Balaban J connectivity index is 2.21. The third-order valence-corrected chi connectivity index (χ3v) is 1.91. The van der Waals surface area contributed by atoms with Crippen LogP contribution in [0, 0.1) is 0 Å². The molecule has 0 aliphatic carbocycles. The van der Waals surface area contributed by atoms with E-state index in [0.29, 0.717) is 0 Å². The first-order chi connectivity index (χ1) is 6.72. The predicted octanol–water partition coefficient (Wildman–Crippen LogP) is 0.774. The fourth-order valence-corrected chi connectivity index (χ4v) is 1.15. The van der Waals surface area contributed by atoms with E-state index >= 15 is 0 Å². The van der Waals surface area contributed by atoms with E-state index in [-0.39, 0.29) is 12.1 Å². The molecule has 0 aliphatic rings. The number of hydrogen-bond acceptors (Lipinski definition) is 3. The summed E-state index contributed by atoms with van der Waals surface area (Å²) in [5, 5.41) is 2.68. The van der Waals surface area contributed by atoms with Gasteiger partial charge in [-0.15, -0.1) is 0 Å². The van der Waals surface area contributed by atoms with Crippen LogP contribution >= 0.6 is 0 Å². The van der Waals surface area contributed by atoms with Crippen LogP contribution in [0.3, 0.4) is 0 Å². The van der Waals surface area contributed by atoms with Crippen molar-refractivity contribution in [1.29, 1.82) is 0 Å². The van der Waals surface area contributed by atoms with E-state index in [1.807, 2.05) is 24.5 Å². The summed E-state index contributed by atoms with van der Waals surface area (Å²) in [5.41, 5.74) is 2.02. The van der Waals surface area contributed by atoms with Gasteiger partial charge >= 0.3 is 6.03 Å². The van der Waals surface area contributed by atoms with Gasteiger partial charge in [-0.3, -0.25) is 5.43 Å². The van der Waals surface area contributed by atoms with Gasteiger partial charge in [-0.05, 0) is 25.5 Å². The van der Waals surface area contributed by atoms with Crippen LogP contribution in [-0.4, -0.2) is 12.1 Å². The Morgan fingerprint density at radius 3 is 3.07 bits per heavy atom. The van der Waals surface area contributed by atoms with Gasteiger partial charge in [-0.2, -0.15) is 0 Å². The summed E-state index contributed by atoms with van der Waals surface area (Å²) in [6.07, 6.45) is 3.26. The van der Waals surface area contributed by atoms with E-state index < -0.39 is 0 Å². The Kier molecular flexibility index (Phi) is 4.00. The fourth-order valence-electron chi connectivity index (χ4n) is 1.15. The van der Waals surface area contributed by atoms with Gasteiger partial charge in [0.05, 0.1) is 6.26 Å². The molecule has 14 heavy (non-hydrogen) atoms. The Bertz CT molecular complexity index is 272. The first-order valence-corrected chi connectivity index (χ1v) is 4.52. The largest absolute Gasteiger partial charge is 0.469 e. The van der Waals surface area contributed by atoms with Crippen LogP contribution in [-0.2, 0) is 6.42 Å². The van der Waals surface area contributed by atoms with Crippen molar-refractivity contribution in [2.24, 2.45) is 5.84 Å². The lowest BCUT2D eigenvalue weighted by Crippen LogP contribution is -2.44. The molecular formula is C9H15N3O2. The Morgan fingerprint density at radius 2 is 2.50 bits per heavy atom. The summed E-state index contributed by atoms with van der Waals surface area (Å²) in [4.78, 5) is 10.8. The van der Waals surface area contributed by atoms with Gasteiger partial charge in [0.2, 0.25) is 0 Å². The second kappa shape index (κ2) is 5.29. The zero-order valence-corrected chi connectivity index (χ0v) is 8.12. The average molecular weight is 197 g/mol. The van der Waals surface area contributed by atoms with Crippen molar-refractivity contribution in [3.05, 3.63) is 24.2 Å². The van der Waals surface area contributed by atoms with Crippen molar-refractivity contribution in [1.82, 2.24) is 10.7 Å². The van der Waals surface area contributed by atoms with E-state index in [9.17, 15) is 4.79 Å². The number of urea groups is 1. The van der Waals surface area contributed by atoms with Gasteiger partial charge in [0.1, 0.15) is 5.76 Å². The smallest absolute Gasteiger partial charge is 0.329 e. The number of hydrogen-bond donors (Lipinski definition) is 3. The van der Waals surface area contributed by atoms with Gasteiger partial charge < -0.3 is 9.73 Å². The number of carbonyl (C=O) groups is 1. The average Bonchev–Trinajstić information content (AvgIpc) is 2.67. The molecule has 0 radical (unpaired) electrons. The summed E-state index contributed by atoms with van der Waals surface area (Å²) >= 11 is 0. The maximum Gasteiger partial charge on any atom is 0.329 e. The predicted molar refractivity (Wildman–Crippen MR) is 52.3 cm³/mol. The maximum atomic E-state index is 10.8. The van der Waals surface area contributed by atoms with E-state index in [2.05, 4.69) is 5.32 Å². The molecule has 0 bridgehead atoms. The van der Waals surface area contributed by atoms with Crippen LogP contribution in [0.15, 0.2) is 22.8 Å². The molecule has 0 saturated carbocycles. The normalized spacial score (nSPS) is 12.1. The summed E-state index contributed by atoms with van der Waals surface area (Å²) in [5.74, 6) is 5.85. The first-order valence-electron chi connectivity index (χ1n) is 4.52. The van der Waals surface area contributed by atoms with Gasteiger partial charge in [-0.1, -0.05) is 0 Å². The van der Waals surface area contributed by atoms with Crippen molar-refractivity contribution in [3.8, 4) is 0 Å². The summed E-state index contributed by atoms with van der Waals surface area (Å²) in [6.45, 7) is 1.91. The van der Waals surface area contributed by atoms with Crippen LogP contribution in [0.25, 0.3) is 0 Å². The van der Waals surface area contributed by atoms with Gasteiger partial charge in [0.15, 0.2) is 0 Å². The minimum Gasteiger partial charge on any atom is -0.469 e. The molecule has 0 spiro atoms. The van der Waals surface area contributed by atoms with Gasteiger partial charge in [0, 0.05) is 12.5 Å². The molecule has 1 heterocycles. The molecule has 1 rings (SSSR count). The zero-order valence-electron chi connectivity index (χ0n) is 8.12. The second-order valence-corrected chi connectivity index (χ2v) is 3.14. The summed E-state index contributed by atoms with van der Waals surface area (Å²) in [7, 11) is 0. The Morgan fingerprint density at radius 1 is 1.71 bits per heavy atom. The molecule has 1 atom stereocenters. The molecule has 1 aromatic rings. The summed E-state index contributed by atoms with van der Waals surface area (Å²) in [6, 6.07) is 3.47. The van der Waals surface area contributed by atoms with Gasteiger partial charge in [-0.25, -0.2) is 10.6 Å². The third kappa shape index (κ3) is 3.49. The lowest BCUT2D eigenvalue weighted by atomic mass is 10.1. The number of hydrazine groups is 1. The second-order valence-electron chi connectivity index (χ2n) is 3.14. The Labute approximate surface area is 82.6 Å². The van der Waals surface area contributed by atoms with Crippen LogP contribution in [0.5, 0.6) is 0 Å². The molecule has 0 aliphatic heterocycles. The van der Waals surface area contributed by atoms with Crippen molar-refractivity contribution in [2.45, 2.75) is 25.8 Å². The number of aryl methyl sites for hydroxylation is 1. The molecular weight excluding hydrogens is 182 g/mol. The highest BCUT2D eigenvalue weighted by Crippen LogP contribution is 2.05. The van der Waals surface area contributed by atoms with Crippen molar-refractivity contribution in [3.63, 3.8) is 0 Å². The van der Waals surface area contributed by atoms with Crippen molar-refractivity contribution >= 4 is 6.03 Å². The highest BCUT2D eigenvalue weighted by Gasteiger charge is 2.06.